The van der Waals surface area contributed by atoms with E-state index < -0.39 is 17.6 Å². The number of rotatable bonds is 3. The van der Waals surface area contributed by atoms with Gasteiger partial charge in [0.05, 0.1) is 17.3 Å². The van der Waals surface area contributed by atoms with Crippen LogP contribution in [0.1, 0.15) is 35.2 Å². The number of nitrogens with one attached hydrogen (secondary N) is 1. The van der Waals surface area contributed by atoms with Crippen molar-refractivity contribution in [2.45, 2.75) is 32.2 Å². The summed E-state index contributed by atoms with van der Waals surface area (Å²) in [6.07, 6.45) is 3.00. The van der Waals surface area contributed by atoms with E-state index in [1.165, 1.54) is 0 Å². The van der Waals surface area contributed by atoms with E-state index in [1.807, 2.05) is 0 Å². The van der Waals surface area contributed by atoms with Crippen LogP contribution in [0.4, 0.5) is 14.5 Å². The van der Waals surface area contributed by atoms with E-state index in [2.05, 4.69) is 26.0 Å². The molecule has 104 valence electrons. The molecule has 1 aliphatic carbocycles. The number of halogens is 3. The second-order valence-electron chi connectivity index (χ2n) is 4.58. The first-order valence-electron chi connectivity index (χ1n) is 5.99. The van der Waals surface area contributed by atoms with Crippen molar-refractivity contribution in [3.05, 3.63) is 27.2 Å². The molecule has 1 aromatic rings. The van der Waals surface area contributed by atoms with Crippen molar-refractivity contribution in [1.82, 2.24) is 0 Å². The van der Waals surface area contributed by atoms with Gasteiger partial charge in [0.2, 0.25) is 0 Å². The molecule has 0 aliphatic heterocycles. The number of methoxy groups -OCH3 is 1. The third kappa shape index (κ3) is 2.45. The first kappa shape index (κ1) is 14.2. The van der Waals surface area contributed by atoms with Gasteiger partial charge in [-0.2, -0.15) is 0 Å². The number of hydrogen-bond acceptors (Lipinski definition) is 3. The van der Waals surface area contributed by atoms with Crippen LogP contribution in [0.2, 0.25) is 0 Å². The Balaban J connectivity index is 2.56. The highest BCUT2D eigenvalue weighted by molar-refractivity contribution is 9.10. The van der Waals surface area contributed by atoms with Crippen molar-refractivity contribution < 1.29 is 18.3 Å². The minimum absolute atomic E-state index is 0.0273. The molecule has 0 saturated heterocycles. The van der Waals surface area contributed by atoms with Crippen molar-refractivity contribution in [1.29, 1.82) is 0 Å². The molecule has 1 saturated carbocycles. The fraction of sp³-hybridized carbons (Fsp3) is 0.462. The topological polar surface area (TPSA) is 38.3 Å². The molecule has 1 aliphatic rings. The lowest BCUT2D eigenvalue weighted by atomic mass is 9.92. The quantitative estimate of drug-likeness (QED) is 0.675. The number of benzene rings is 1. The molecule has 6 heteroatoms. The normalized spacial score (nSPS) is 15.0. The van der Waals surface area contributed by atoms with Crippen molar-refractivity contribution in [2.24, 2.45) is 0 Å². The van der Waals surface area contributed by atoms with E-state index in [-0.39, 0.29) is 16.1 Å². The molecule has 0 spiro atoms. The lowest BCUT2D eigenvalue weighted by molar-refractivity contribution is 0.0595. The molecule has 0 radical (unpaired) electrons. The molecule has 0 bridgehead atoms. The molecular formula is C13H14BrF2NO2. The van der Waals surface area contributed by atoms with Crippen LogP contribution in [-0.4, -0.2) is 19.1 Å². The zero-order valence-corrected chi connectivity index (χ0v) is 12.2. The smallest absolute Gasteiger partial charge is 0.343 e. The number of ether oxygens (including phenoxy) is 1. The molecular weight excluding hydrogens is 320 g/mol. The molecule has 0 heterocycles. The lowest BCUT2D eigenvalue weighted by Gasteiger charge is -2.29. The van der Waals surface area contributed by atoms with Gasteiger partial charge in [-0.05, 0) is 47.7 Å². The standard InChI is InChI=1S/C13H14BrF2NO2/c1-6-9(14)11(16)10(15)8(13(18)19-2)12(6)17-7-4-3-5-7/h7,17H,3-5H2,1-2H3. The van der Waals surface area contributed by atoms with E-state index in [0.29, 0.717) is 11.3 Å². The summed E-state index contributed by atoms with van der Waals surface area (Å²) in [6, 6.07) is 0.193. The van der Waals surface area contributed by atoms with Gasteiger partial charge in [-0.25, -0.2) is 13.6 Å². The van der Waals surface area contributed by atoms with Crippen molar-refractivity contribution in [3.8, 4) is 0 Å². The van der Waals surface area contributed by atoms with E-state index in [1.54, 1.807) is 6.92 Å². The summed E-state index contributed by atoms with van der Waals surface area (Å²) in [5.74, 6) is -3.14. The van der Waals surface area contributed by atoms with Gasteiger partial charge in [-0.15, -0.1) is 0 Å². The minimum atomic E-state index is -1.19. The first-order chi connectivity index (χ1) is 8.97. The van der Waals surface area contributed by atoms with Gasteiger partial charge >= 0.3 is 5.97 Å². The van der Waals surface area contributed by atoms with E-state index in [9.17, 15) is 13.6 Å². The fourth-order valence-corrected chi connectivity index (χ4v) is 2.38. The van der Waals surface area contributed by atoms with Gasteiger partial charge in [0.1, 0.15) is 5.56 Å². The molecule has 1 fully saturated rings. The third-order valence-electron chi connectivity index (χ3n) is 3.40. The van der Waals surface area contributed by atoms with Crippen molar-refractivity contribution >= 4 is 27.6 Å². The van der Waals surface area contributed by atoms with E-state index in [0.717, 1.165) is 26.4 Å². The maximum absolute atomic E-state index is 14.0. The molecule has 19 heavy (non-hydrogen) atoms. The number of carbonyl (C=O) groups excluding carboxylic acids is 1. The fourth-order valence-electron chi connectivity index (χ4n) is 2.01. The van der Waals surface area contributed by atoms with Crippen LogP contribution in [-0.2, 0) is 4.74 Å². The summed E-state index contributed by atoms with van der Waals surface area (Å²) in [4.78, 5) is 11.7. The van der Waals surface area contributed by atoms with Crippen LogP contribution in [0.5, 0.6) is 0 Å². The largest absolute Gasteiger partial charge is 0.465 e. The summed E-state index contributed by atoms with van der Waals surface area (Å²) in [6.45, 7) is 1.63. The maximum atomic E-state index is 14.0. The molecule has 3 nitrogen and oxygen atoms in total. The highest BCUT2D eigenvalue weighted by atomic mass is 79.9. The molecule has 0 amide bonds. The second-order valence-corrected chi connectivity index (χ2v) is 5.37. The third-order valence-corrected chi connectivity index (χ3v) is 4.35. The Kier molecular flexibility index (Phi) is 4.08. The Bertz CT molecular complexity index is 530. The van der Waals surface area contributed by atoms with Crippen molar-refractivity contribution in [3.63, 3.8) is 0 Å². The average Bonchev–Trinajstić information content (AvgIpc) is 2.36. The minimum Gasteiger partial charge on any atom is -0.465 e. The highest BCUT2D eigenvalue weighted by Gasteiger charge is 2.29. The second kappa shape index (κ2) is 5.45. The average molecular weight is 334 g/mol. The lowest BCUT2D eigenvalue weighted by Crippen LogP contribution is -2.29. The Hall–Kier alpha value is -1.17. The summed E-state index contributed by atoms with van der Waals surface area (Å²) < 4.78 is 32.2. The Labute approximate surface area is 118 Å². The molecule has 0 unspecified atom stereocenters. The zero-order chi connectivity index (χ0) is 14.2. The van der Waals surface area contributed by atoms with Crippen LogP contribution in [0.3, 0.4) is 0 Å². The summed E-state index contributed by atoms with van der Waals surface area (Å²) in [5, 5.41) is 3.10. The molecule has 2 rings (SSSR count). The molecule has 1 aromatic carbocycles. The molecule has 0 aromatic heterocycles. The summed E-state index contributed by atoms with van der Waals surface area (Å²) in [7, 11) is 1.14. The van der Waals surface area contributed by atoms with Gasteiger partial charge in [-0.3, -0.25) is 0 Å². The van der Waals surface area contributed by atoms with Gasteiger partial charge in [0, 0.05) is 6.04 Å². The van der Waals surface area contributed by atoms with Gasteiger partial charge < -0.3 is 10.1 Å². The van der Waals surface area contributed by atoms with Crippen LogP contribution in [0.25, 0.3) is 0 Å². The Morgan fingerprint density at radius 2 is 2.00 bits per heavy atom. The number of hydrogen-bond donors (Lipinski definition) is 1. The number of esters is 1. The van der Waals surface area contributed by atoms with Crippen LogP contribution in [0, 0.1) is 18.6 Å². The number of anilines is 1. The number of carbonyl (C=O) groups is 1. The van der Waals surface area contributed by atoms with Gasteiger partial charge in [0.15, 0.2) is 11.6 Å². The van der Waals surface area contributed by atoms with Crippen molar-refractivity contribution in [2.75, 3.05) is 12.4 Å². The van der Waals surface area contributed by atoms with Gasteiger partial charge in [0.25, 0.3) is 0 Å². The van der Waals surface area contributed by atoms with Crippen LogP contribution in [0.15, 0.2) is 4.47 Å². The predicted octanol–water partition coefficient (Wildman–Crippen LogP) is 3.79. The predicted molar refractivity (Wildman–Crippen MR) is 71.4 cm³/mol. The monoisotopic (exact) mass is 333 g/mol. The van der Waals surface area contributed by atoms with Crippen LogP contribution < -0.4 is 5.32 Å². The summed E-state index contributed by atoms with van der Waals surface area (Å²) >= 11 is 3.01. The molecule has 0 atom stereocenters. The van der Waals surface area contributed by atoms with E-state index >= 15 is 0 Å². The van der Waals surface area contributed by atoms with Gasteiger partial charge in [-0.1, -0.05) is 0 Å². The maximum Gasteiger partial charge on any atom is 0.343 e. The van der Waals surface area contributed by atoms with E-state index in [4.69, 9.17) is 0 Å². The SMILES string of the molecule is COC(=O)c1c(F)c(F)c(Br)c(C)c1NC1CCC1. The summed E-state index contributed by atoms with van der Waals surface area (Å²) in [5.41, 5.74) is 0.404. The molecule has 1 N–H and O–H groups in total. The Morgan fingerprint density at radius 3 is 2.47 bits per heavy atom. The zero-order valence-electron chi connectivity index (χ0n) is 10.6. The first-order valence-corrected chi connectivity index (χ1v) is 6.78. The highest BCUT2D eigenvalue weighted by Crippen LogP contribution is 2.36. The Morgan fingerprint density at radius 1 is 1.37 bits per heavy atom. The van der Waals surface area contributed by atoms with Crippen LogP contribution >= 0.6 is 15.9 Å².